The third-order valence-electron chi connectivity index (χ3n) is 3.89. The normalized spacial score (nSPS) is 21.3. The Morgan fingerprint density at radius 2 is 2.17 bits per heavy atom. The first-order valence-corrected chi connectivity index (χ1v) is 6.97. The lowest BCUT2D eigenvalue weighted by molar-refractivity contribution is 0.213. The quantitative estimate of drug-likeness (QED) is 0.912. The van der Waals surface area contributed by atoms with Crippen molar-refractivity contribution in [3.8, 4) is 0 Å². The van der Waals surface area contributed by atoms with E-state index in [1.54, 1.807) is 0 Å². The van der Waals surface area contributed by atoms with Gasteiger partial charge in [0.25, 0.3) is 0 Å². The molecule has 1 atom stereocenters. The molecule has 1 aromatic rings. The summed E-state index contributed by atoms with van der Waals surface area (Å²) in [5, 5.41) is 0.780. The van der Waals surface area contributed by atoms with Crippen LogP contribution in [0.3, 0.4) is 0 Å². The summed E-state index contributed by atoms with van der Waals surface area (Å²) in [6.45, 7) is 5.93. The molecule has 1 aliphatic heterocycles. The zero-order valence-corrected chi connectivity index (χ0v) is 12.0. The zero-order valence-electron chi connectivity index (χ0n) is 11.2. The van der Waals surface area contributed by atoms with Crippen LogP contribution in [0.5, 0.6) is 0 Å². The minimum absolute atomic E-state index is 0.498. The van der Waals surface area contributed by atoms with Crippen LogP contribution in [0.25, 0.3) is 0 Å². The van der Waals surface area contributed by atoms with Gasteiger partial charge in [-0.1, -0.05) is 24.6 Å². The lowest BCUT2D eigenvalue weighted by Crippen LogP contribution is -2.51. The molecule has 1 aliphatic rings. The van der Waals surface area contributed by atoms with E-state index in [2.05, 4.69) is 29.8 Å². The Morgan fingerprint density at radius 1 is 1.39 bits per heavy atom. The molecule has 4 heteroatoms. The van der Waals surface area contributed by atoms with E-state index < -0.39 is 0 Å². The number of halogens is 1. The average molecular weight is 268 g/mol. The molecule has 0 aliphatic carbocycles. The summed E-state index contributed by atoms with van der Waals surface area (Å²) in [7, 11) is 2.20. The van der Waals surface area contributed by atoms with Crippen molar-refractivity contribution < 1.29 is 0 Å². The van der Waals surface area contributed by atoms with Crippen LogP contribution in [-0.4, -0.2) is 37.6 Å². The fourth-order valence-electron chi connectivity index (χ4n) is 2.65. The van der Waals surface area contributed by atoms with Gasteiger partial charge in [0, 0.05) is 48.5 Å². The second kappa shape index (κ2) is 5.91. The lowest BCUT2D eigenvalue weighted by Gasteiger charge is -2.41. The molecule has 2 N–H and O–H groups in total. The van der Waals surface area contributed by atoms with E-state index in [0.29, 0.717) is 12.6 Å². The molecule has 18 heavy (non-hydrogen) atoms. The van der Waals surface area contributed by atoms with Crippen molar-refractivity contribution >= 4 is 17.3 Å². The maximum atomic E-state index is 6.23. The number of nitrogens with two attached hydrogens (primary N) is 1. The number of nitrogens with zero attached hydrogens (tertiary/aromatic N) is 2. The van der Waals surface area contributed by atoms with Crippen LogP contribution in [0.1, 0.15) is 18.9 Å². The van der Waals surface area contributed by atoms with Crippen molar-refractivity contribution in [1.82, 2.24) is 4.90 Å². The molecule has 0 saturated carbocycles. The van der Waals surface area contributed by atoms with E-state index >= 15 is 0 Å². The monoisotopic (exact) mass is 267 g/mol. The molecular weight excluding hydrogens is 246 g/mol. The Hall–Kier alpha value is -0.770. The van der Waals surface area contributed by atoms with Crippen LogP contribution in [-0.2, 0) is 6.54 Å². The summed E-state index contributed by atoms with van der Waals surface area (Å²) in [6, 6.07) is 6.67. The molecule has 100 valence electrons. The number of likely N-dealkylation sites (N-methyl/N-ethyl adjacent to an activating group) is 1. The summed E-state index contributed by atoms with van der Waals surface area (Å²) in [5.41, 5.74) is 8.10. The number of benzene rings is 1. The second-order valence-corrected chi connectivity index (χ2v) is 5.34. The highest BCUT2D eigenvalue weighted by Gasteiger charge is 2.24. The van der Waals surface area contributed by atoms with E-state index in [4.69, 9.17) is 17.3 Å². The van der Waals surface area contributed by atoms with Gasteiger partial charge in [-0.2, -0.15) is 0 Å². The molecule has 3 nitrogen and oxygen atoms in total. The van der Waals surface area contributed by atoms with Crippen LogP contribution in [0.2, 0.25) is 5.02 Å². The van der Waals surface area contributed by atoms with Gasteiger partial charge in [-0.3, -0.25) is 4.90 Å². The van der Waals surface area contributed by atoms with Crippen molar-refractivity contribution in [3.63, 3.8) is 0 Å². The Kier molecular flexibility index (Phi) is 4.49. The van der Waals surface area contributed by atoms with Crippen LogP contribution < -0.4 is 10.6 Å². The maximum absolute atomic E-state index is 6.23. The third-order valence-corrected chi connectivity index (χ3v) is 4.24. The average Bonchev–Trinajstić information content (AvgIpc) is 2.39. The number of hydrogen-bond donors (Lipinski definition) is 1. The molecule has 1 fully saturated rings. The largest absolute Gasteiger partial charge is 0.368 e. The summed E-state index contributed by atoms with van der Waals surface area (Å²) in [6.07, 6.45) is 1.17. The smallest absolute Gasteiger partial charge is 0.0471 e. The first kappa shape index (κ1) is 13.7. The molecule has 0 spiro atoms. The summed E-state index contributed by atoms with van der Waals surface area (Å²) in [5.74, 6) is 0. The van der Waals surface area contributed by atoms with Crippen molar-refractivity contribution in [2.75, 3.05) is 31.6 Å². The van der Waals surface area contributed by atoms with E-state index in [1.165, 1.54) is 12.1 Å². The number of anilines is 1. The highest BCUT2D eigenvalue weighted by Crippen LogP contribution is 2.29. The molecule has 0 radical (unpaired) electrons. The number of piperazine rings is 1. The number of hydrogen-bond acceptors (Lipinski definition) is 3. The van der Waals surface area contributed by atoms with Gasteiger partial charge in [0.05, 0.1) is 0 Å². The van der Waals surface area contributed by atoms with Gasteiger partial charge >= 0.3 is 0 Å². The van der Waals surface area contributed by atoms with Gasteiger partial charge in [0.2, 0.25) is 0 Å². The topological polar surface area (TPSA) is 32.5 Å². The van der Waals surface area contributed by atoms with Gasteiger partial charge in [0.15, 0.2) is 0 Å². The van der Waals surface area contributed by atoms with Crippen LogP contribution >= 0.6 is 11.6 Å². The van der Waals surface area contributed by atoms with Crippen LogP contribution in [0, 0.1) is 0 Å². The predicted molar refractivity (Wildman–Crippen MR) is 78.3 cm³/mol. The third kappa shape index (κ3) is 2.63. The first-order valence-electron chi connectivity index (χ1n) is 6.60. The van der Waals surface area contributed by atoms with E-state index in [-0.39, 0.29) is 0 Å². The molecule has 2 rings (SSSR count). The molecule has 0 amide bonds. The van der Waals surface area contributed by atoms with Crippen molar-refractivity contribution in [2.45, 2.75) is 25.9 Å². The zero-order chi connectivity index (χ0) is 13.1. The summed E-state index contributed by atoms with van der Waals surface area (Å²) in [4.78, 5) is 4.85. The number of rotatable bonds is 3. The SMILES string of the molecule is CCC1CN(c2cccc(Cl)c2CN)CCN1C. The van der Waals surface area contributed by atoms with Crippen molar-refractivity contribution in [3.05, 3.63) is 28.8 Å². The molecule has 0 aromatic heterocycles. The standard InChI is InChI=1S/C14H22ClN3/c1-3-11-10-18(8-7-17(11)2)14-6-4-5-13(15)12(14)9-16/h4-6,11H,3,7-10,16H2,1-2H3. The maximum Gasteiger partial charge on any atom is 0.0471 e. The van der Waals surface area contributed by atoms with Crippen molar-refractivity contribution in [1.29, 1.82) is 0 Å². The fourth-order valence-corrected chi connectivity index (χ4v) is 2.90. The lowest BCUT2D eigenvalue weighted by atomic mass is 10.1. The molecular formula is C14H22ClN3. The fraction of sp³-hybridized carbons (Fsp3) is 0.571. The van der Waals surface area contributed by atoms with Crippen LogP contribution in [0.4, 0.5) is 5.69 Å². The van der Waals surface area contributed by atoms with E-state index in [9.17, 15) is 0 Å². The van der Waals surface area contributed by atoms with Gasteiger partial charge < -0.3 is 10.6 Å². The predicted octanol–water partition coefficient (Wildman–Crippen LogP) is 2.33. The summed E-state index contributed by atoms with van der Waals surface area (Å²) >= 11 is 6.23. The molecule has 1 heterocycles. The first-order chi connectivity index (χ1) is 8.67. The molecule has 0 bridgehead atoms. The van der Waals surface area contributed by atoms with Gasteiger partial charge in [0.1, 0.15) is 0 Å². The highest BCUT2D eigenvalue weighted by molar-refractivity contribution is 6.31. The summed E-state index contributed by atoms with van der Waals surface area (Å²) < 4.78 is 0. The van der Waals surface area contributed by atoms with E-state index in [1.807, 2.05) is 12.1 Å². The van der Waals surface area contributed by atoms with Gasteiger partial charge in [-0.15, -0.1) is 0 Å². The Balaban J connectivity index is 2.24. The Labute approximate surface area is 115 Å². The van der Waals surface area contributed by atoms with Gasteiger partial charge in [-0.25, -0.2) is 0 Å². The van der Waals surface area contributed by atoms with Gasteiger partial charge in [-0.05, 0) is 25.6 Å². The van der Waals surface area contributed by atoms with Crippen LogP contribution in [0.15, 0.2) is 18.2 Å². The minimum Gasteiger partial charge on any atom is -0.368 e. The Morgan fingerprint density at radius 3 is 2.83 bits per heavy atom. The Bertz CT molecular complexity index is 408. The van der Waals surface area contributed by atoms with E-state index in [0.717, 1.165) is 30.2 Å². The molecule has 1 saturated heterocycles. The minimum atomic E-state index is 0.498. The van der Waals surface area contributed by atoms with Crippen molar-refractivity contribution in [2.24, 2.45) is 5.73 Å². The molecule has 1 unspecified atom stereocenters. The molecule has 1 aromatic carbocycles. The second-order valence-electron chi connectivity index (χ2n) is 4.93. The highest BCUT2D eigenvalue weighted by atomic mass is 35.5.